The van der Waals surface area contributed by atoms with E-state index < -0.39 is 10.0 Å². The number of nitrogens with zero attached hydrogens (tertiary/aromatic N) is 1. The van der Waals surface area contributed by atoms with E-state index in [1.165, 1.54) is 23.5 Å². The van der Waals surface area contributed by atoms with Crippen molar-refractivity contribution < 1.29 is 22.7 Å². The van der Waals surface area contributed by atoms with E-state index in [-0.39, 0.29) is 23.8 Å². The third kappa shape index (κ3) is 5.64. The van der Waals surface area contributed by atoms with Crippen molar-refractivity contribution in [3.63, 3.8) is 0 Å². The van der Waals surface area contributed by atoms with E-state index in [1.54, 1.807) is 43.3 Å². The molecule has 0 saturated heterocycles. The molecule has 0 unspecified atom stereocenters. The number of methoxy groups -OCH3 is 1. The fourth-order valence-corrected chi connectivity index (χ4v) is 4.55. The first-order valence-electron chi connectivity index (χ1n) is 9.89. The van der Waals surface area contributed by atoms with Gasteiger partial charge in [0.1, 0.15) is 5.75 Å². The first-order chi connectivity index (χ1) is 14.9. The van der Waals surface area contributed by atoms with E-state index in [0.717, 1.165) is 11.1 Å². The fraction of sp³-hybridized carbons (Fsp3) is 0.208. The Morgan fingerprint density at radius 3 is 2.10 bits per heavy atom. The van der Waals surface area contributed by atoms with E-state index in [0.29, 0.717) is 18.0 Å². The smallest absolute Gasteiger partial charge is 0.310 e. The van der Waals surface area contributed by atoms with Crippen LogP contribution < -0.4 is 9.04 Å². The second-order valence-corrected chi connectivity index (χ2v) is 8.68. The molecule has 0 atom stereocenters. The standard InChI is InChI=1S/C24H25NO5S/c1-3-30-24(26)17-19-9-11-21(12-10-19)25(18-20-7-5-4-6-8-20)31(27,28)23-15-13-22(29-2)14-16-23/h4-16H,3,17-18H2,1-2H3. The molecule has 0 heterocycles. The van der Waals surface area contributed by atoms with Crippen LogP contribution in [-0.2, 0) is 32.5 Å². The number of carbonyl (C=O) groups is 1. The van der Waals surface area contributed by atoms with Gasteiger partial charge in [-0.1, -0.05) is 42.5 Å². The van der Waals surface area contributed by atoms with Gasteiger partial charge in [-0.15, -0.1) is 0 Å². The molecule has 0 bridgehead atoms. The number of rotatable bonds is 9. The van der Waals surface area contributed by atoms with Crippen molar-refractivity contribution in [2.75, 3.05) is 18.0 Å². The third-order valence-electron chi connectivity index (χ3n) is 4.69. The maximum Gasteiger partial charge on any atom is 0.310 e. The number of sulfonamides is 1. The summed E-state index contributed by atoms with van der Waals surface area (Å²) < 4.78 is 38.5. The van der Waals surface area contributed by atoms with Gasteiger partial charge in [0.2, 0.25) is 0 Å². The Balaban J connectivity index is 1.95. The van der Waals surface area contributed by atoms with Gasteiger partial charge in [-0.25, -0.2) is 8.42 Å². The number of carbonyl (C=O) groups excluding carboxylic acids is 1. The number of hydrogen-bond donors (Lipinski definition) is 0. The van der Waals surface area contributed by atoms with Gasteiger partial charge in [0, 0.05) is 0 Å². The lowest BCUT2D eigenvalue weighted by Gasteiger charge is -2.25. The van der Waals surface area contributed by atoms with Crippen LogP contribution in [0.1, 0.15) is 18.1 Å². The largest absolute Gasteiger partial charge is 0.497 e. The number of hydrogen-bond acceptors (Lipinski definition) is 5. The zero-order valence-corrected chi connectivity index (χ0v) is 18.3. The molecule has 0 amide bonds. The quantitative estimate of drug-likeness (QED) is 0.467. The summed E-state index contributed by atoms with van der Waals surface area (Å²) >= 11 is 0. The Bertz CT molecular complexity index is 1090. The van der Waals surface area contributed by atoms with Gasteiger partial charge in [0.25, 0.3) is 10.0 Å². The summed E-state index contributed by atoms with van der Waals surface area (Å²) in [6.07, 6.45) is 0.137. The minimum atomic E-state index is -3.84. The molecule has 6 nitrogen and oxygen atoms in total. The van der Waals surface area contributed by atoms with Gasteiger partial charge in [-0.3, -0.25) is 9.10 Å². The fourth-order valence-electron chi connectivity index (χ4n) is 3.10. The van der Waals surface area contributed by atoms with Crippen LogP contribution in [0.3, 0.4) is 0 Å². The van der Waals surface area contributed by atoms with Crippen molar-refractivity contribution in [2.45, 2.75) is 24.8 Å². The summed E-state index contributed by atoms with van der Waals surface area (Å²) in [6.45, 7) is 2.25. The summed E-state index contributed by atoms with van der Waals surface area (Å²) in [5, 5.41) is 0. The second-order valence-electron chi connectivity index (χ2n) is 6.82. The first-order valence-corrected chi connectivity index (χ1v) is 11.3. The number of anilines is 1. The van der Waals surface area contributed by atoms with E-state index in [2.05, 4.69) is 0 Å². The Morgan fingerprint density at radius 2 is 1.52 bits per heavy atom. The van der Waals surface area contributed by atoms with Crippen LogP contribution in [-0.4, -0.2) is 28.1 Å². The summed E-state index contributed by atoms with van der Waals surface area (Å²) in [7, 11) is -2.30. The number of ether oxygens (including phenoxy) is 2. The molecular formula is C24H25NO5S. The van der Waals surface area contributed by atoms with Crippen LogP contribution in [0.2, 0.25) is 0 Å². The van der Waals surface area contributed by atoms with Crippen LogP contribution >= 0.6 is 0 Å². The molecule has 0 saturated carbocycles. The molecule has 3 rings (SSSR count). The van der Waals surface area contributed by atoms with E-state index >= 15 is 0 Å². The zero-order valence-electron chi connectivity index (χ0n) is 17.5. The first kappa shape index (κ1) is 22.4. The molecule has 31 heavy (non-hydrogen) atoms. The molecular weight excluding hydrogens is 414 g/mol. The SMILES string of the molecule is CCOC(=O)Cc1ccc(N(Cc2ccccc2)S(=O)(=O)c2ccc(OC)cc2)cc1. The van der Waals surface area contributed by atoms with Gasteiger partial charge in [0.05, 0.1) is 37.3 Å². The summed E-state index contributed by atoms with van der Waals surface area (Å²) in [5.41, 5.74) is 2.12. The van der Waals surface area contributed by atoms with E-state index in [1.807, 2.05) is 30.3 Å². The highest BCUT2D eigenvalue weighted by Crippen LogP contribution is 2.27. The van der Waals surface area contributed by atoms with Gasteiger partial charge in [-0.2, -0.15) is 0 Å². The lowest BCUT2D eigenvalue weighted by Crippen LogP contribution is -2.30. The van der Waals surface area contributed by atoms with Gasteiger partial charge in [-0.05, 0) is 54.4 Å². The predicted octanol–water partition coefficient (Wildman–Crippen LogP) is 4.20. The highest BCUT2D eigenvalue weighted by molar-refractivity contribution is 7.92. The molecule has 0 aliphatic rings. The molecule has 0 aliphatic carbocycles. The van der Waals surface area contributed by atoms with Crippen LogP contribution in [0.25, 0.3) is 0 Å². The van der Waals surface area contributed by atoms with Crippen LogP contribution in [0.5, 0.6) is 5.75 Å². The molecule has 0 aromatic heterocycles. The highest BCUT2D eigenvalue weighted by Gasteiger charge is 2.25. The summed E-state index contributed by atoms with van der Waals surface area (Å²) in [5.74, 6) is 0.263. The number of esters is 1. The van der Waals surface area contributed by atoms with Gasteiger partial charge in [0.15, 0.2) is 0 Å². The Morgan fingerprint density at radius 1 is 0.871 bits per heavy atom. The Hall–Kier alpha value is -3.32. The molecule has 7 heteroatoms. The number of benzene rings is 3. The minimum Gasteiger partial charge on any atom is -0.497 e. The van der Waals surface area contributed by atoms with Crippen molar-refractivity contribution in [1.29, 1.82) is 0 Å². The van der Waals surface area contributed by atoms with Crippen LogP contribution in [0.15, 0.2) is 83.8 Å². The monoisotopic (exact) mass is 439 g/mol. The molecule has 3 aromatic carbocycles. The Labute approximate surface area is 183 Å². The summed E-state index contributed by atoms with van der Waals surface area (Å²) in [6, 6.07) is 22.6. The van der Waals surface area contributed by atoms with Crippen molar-refractivity contribution in [2.24, 2.45) is 0 Å². The van der Waals surface area contributed by atoms with Crippen molar-refractivity contribution in [1.82, 2.24) is 0 Å². The van der Waals surface area contributed by atoms with E-state index in [4.69, 9.17) is 9.47 Å². The molecule has 0 radical (unpaired) electrons. The zero-order chi connectivity index (χ0) is 22.3. The second kappa shape index (κ2) is 10.1. The average molecular weight is 440 g/mol. The van der Waals surface area contributed by atoms with Crippen molar-refractivity contribution in [3.05, 3.63) is 90.0 Å². The molecule has 0 aliphatic heterocycles. The summed E-state index contributed by atoms with van der Waals surface area (Å²) in [4.78, 5) is 11.9. The van der Waals surface area contributed by atoms with Crippen molar-refractivity contribution in [3.8, 4) is 5.75 Å². The third-order valence-corrected chi connectivity index (χ3v) is 6.48. The van der Waals surface area contributed by atoms with Gasteiger partial charge >= 0.3 is 5.97 Å². The molecule has 162 valence electrons. The van der Waals surface area contributed by atoms with Gasteiger partial charge < -0.3 is 9.47 Å². The minimum absolute atomic E-state index is 0.137. The average Bonchev–Trinajstić information content (AvgIpc) is 2.79. The predicted molar refractivity (Wildman–Crippen MR) is 120 cm³/mol. The lowest BCUT2D eigenvalue weighted by molar-refractivity contribution is -0.142. The van der Waals surface area contributed by atoms with E-state index in [9.17, 15) is 13.2 Å². The van der Waals surface area contributed by atoms with Crippen molar-refractivity contribution >= 4 is 21.7 Å². The van der Waals surface area contributed by atoms with Crippen LogP contribution in [0, 0.1) is 0 Å². The molecule has 0 N–H and O–H groups in total. The van der Waals surface area contributed by atoms with Crippen LogP contribution in [0.4, 0.5) is 5.69 Å². The molecule has 0 spiro atoms. The lowest BCUT2D eigenvalue weighted by atomic mass is 10.1. The highest BCUT2D eigenvalue weighted by atomic mass is 32.2. The normalized spacial score (nSPS) is 11.0. The maximum atomic E-state index is 13.5. The Kier molecular flexibility index (Phi) is 7.31. The topological polar surface area (TPSA) is 72.9 Å². The molecule has 3 aromatic rings. The molecule has 0 fully saturated rings. The maximum absolute atomic E-state index is 13.5.